The quantitative estimate of drug-likeness (QED) is 0.307. The van der Waals surface area contributed by atoms with Crippen LogP contribution in [0.3, 0.4) is 0 Å². The standard InChI is InChI=1S/C18H18F6N6O6/c1-33-11-8-10(30(31)32)12(34-2)7-9(11)25-14-26-15(29-3-5-35-6-4-29)28-16(27-14)36-13(17(19,20)21)18(22,23)24/h7-8,13H,3-6H2,1-2H3,(H,25,26,27,28). The smallest absolute Gasteiger partial charge is 0.434 e. The topological polar surface area (TPSA) is 134 Å². The third-order valence-electron chi connectivity index (χ3n) is 4.66. The Morgan fingerprint density at radius 2 is 1.64 bits per heavy atom. The Balaban J connectivity index is 2.06. The zero-order valence-electron chi connectivity index (χ0n) is 18.5. The normalized spacial score (nSPS) is 14.5. The number of nitrogens with one attached hydrogen (secondary N) is 1. The van der Waals surface area contributed by atoms with Gasteiger partial charge in [0.25, 0.3) is 6.10 Å². The molecule has 1 saturated heterocycles. The minimum atomic E-state index is -5.81. The Morgan fingerprint density at radius 1 is 1.03 bits per heavy atom. The molecule has 0 atom stereocenters. The molecule has 1 aromatic carbocycles. The highest BCUT2D eigenvalue weighted by atomic mass is 19.4. The molecule has 3 rings (SSSR count). The number of anilines is 3. The van der Waals surface area contributed by atoms with E-state index < -0.39 is 41.0 Å². The fraction of sp³-hybridized carbons (Fsp3) is 0.500. The minimum absolute atomic E-state index is 0.0479. The van der Waals surface area contributed by atoms with Gasteiger partial charge in [0, 0.05) is 19.2 Å². The number of nitro groups is 1. The second kappa shape index (κ2) is 10.4. The first-order valence-corrected chi connectivity index (χ1v) is 9.89. The van der Waals surface area contributed by atoms with Crippen molar-refractivity contribution in [3.8, 4) is 17.5 Å². The van der Waals surface area contributed by atoms with E-state index in [1.54, 1.807) is 0 Å². The summed E-state index contributed by atoms with van der Waals surface area (Å²) in [6.45, 7) is 0.760. The van der Waals surface area contributed by atoms with Crippen molar-refractivity contribution in [2.75, 3.05) is 50.7 Å². The summed E-state index contributed by atoms with van der Waals surface area (Å²) in [5.41, 5.74) is -0.514. The lowest BCUT2D eigenvalue weighted by molar-refractivity contribution is -0.385. The average Bonchev–Trinajstić information content (AvgIpc) is 2.81. The lowest BCUT2D eigenvalue weighted by Crippen LogP contribution is -2.47. The zero-order chi connectivity index (χ0) is 26.7. The van der Waals surface area contributed by atoms with Gasteiger partial charge in [-0.2, -0.15) is 41.3 Å². The van der Waals surface area contributed by atoms with E-state index in [4.69, 9.17) is 14.2 Å². The van der Waals surface area contributed by atoms with Crippen molar-refractivity contribution in [2.45, 2.75) is 18.5 Å². The Labute approximate surface area is 198 Å². The van der Waals surface area contributed by atoms with E-state index >= 15 is 0 Å². The first kappa shape index (κ1) is 26.8. The third-order valence-corrected chi connectivity index (χ3v) is 4.66. The van der Waals surface area contributed by atoms with Crippen LogP contribution in [-0.4, -0.2) is 78.9 Å². The van der Waals surface area contributed by atoms with Gasteiger partial charge in [-0.05, 0) is 0 Å². The highest BCUT2D eigenvalue weighted by molar-refractivity contribution is 5.70. The van der Waals surface area contributed by atoms with E-state index in [9.17, 15) is 36.5 Å². The summed E-state index contributed by atoms with van der Waals surface area (Å²) in [5.74, 6) is -1.17. The van der Waals surface area contributed by atoms with Crippen LogP contribution in [0.25, 0.3) is 0 Å². The molecule has 1 aliphatic heterocycles. The number of aromatic nitrogens is 3. The number of alkyl halides is 6. The van der Waals surface area contributed by atoms with Crippen LogP contribution in [0, 0.1) is 10.1 Å². The molecule has 2 aromatic rings. The molecule has 1 aromatic heterocycles. The summed E-state index contributed by atoms with van der Waals surface area (Å²) in [4.78, 5) is 23.1. The van der Waals surface area contributed by atoms with E-state index in [2.05, 4.69) is 25.0 Å². The second-order valence-corrected chi connectivity index (χ2v) is 7.03. The number of ether oxygens (including phenoxy) is 4. The Hall–Kier alpha value is -3.83. The Morgan fingerprint density at radius 3 is 2.17 bits per heavy atom. The van der Waals surface area contributed by atoms with Gasteiger partial charge in [0.15, 0.2) is 5.75 Å². The molecule has 0 amide bonds. The van der Waals surface area contributed by atoms with Crippen molar-refractivity contribution >= 4 is 23.3 Å². The van der Waals surface area contributed by atoms with E-state index in [-0.39, 0.29) is 49.4 Å². The summed E-state index contributed by atoms with van der Waals surface area (Å²) in [5, 5.41) is 13.8. The van der Waals surface area contributed by atoms with Gasteiger partial charge in [-0.25, -0.2) is 0 Å². The Bertz CT molecular complexity index is 1080. The van der Waals surface area contributed by atoms with Crippen molar-refractivity contribution < 1.29 is 50.2 Å². The highest BCUT2D eigenvalue weighted by Gasteiger charge is 2.59. The summed E-state index contributed by atoms with van der Waals surface area (Å²) >= 11 is 0. The monoisotopic (exact) mass is 528 g/mol. The summed E-state index contributed by atoms with van der Waals surface area (Å²) in [7, 11) is 2.33. The molecule has 36 heavy (non-hydrogen) atoms. The largest absolute Gasteiger partial charge is 0.494 e. The number of nitro benzene ring substituents is 1. The number of hydrogen-bond acceptors (Lipinski definition) is 11. The van der Waals surface area contributed by atoms with E-state index in [1.165, 1.54) is 12.0 Å². The van der Waals surface area contributed by atoms with Crippen LogP contribution < -0.4 is 24.4 Å². The molecule has 12 nitrogen and oxygen atoms in total. The van der Waals surface area contributed by atoms with Crippen molar-refractivity contribution in [1.29, 1.82) is 0 Å². The van der Waals surface area contributed by atoms with Crippen LogP contribution in [-0.2, 0) is 4.74 Å². The maximum atomic E-state index is 13.0. The van der Waals surface area contributed by atoms with Gasteiger partial charge < -0.3 is 29.2 Å². The fourth-order valence-corrected chi connectivity index (χ4v) is 3.03. The molecule has 198 valence electrons. The van der Waals surface area contributed by atoms with Crippen LogP contribution in [0.2, 0.25) is 0 Å². The van der Waals surface area contributed by atoms with Crippen LogP contribution >= 0.6 is 0 Å². The summed E-state index contributed by atoms with van der Waals surface area (Å²) in [6, 6.07) is 0.845. The van der Waals surface area contributed by atoms with Gasteiger partial charge in [-0.1, -0.05) is 0 Å². The van der Waals surface area contributed by atoms with Crippen molar-refractivity contribution in [1.82, 2.24) is 15.0 Å². The zero-order valence-corrected chi connectivity index (χ0v) is 18.5. The maximum absolute atomic E-state index is 13.0. The SMILES string of the molecule is COc1cc([N+](=O)[O-])c(OC)cc1Nc1nc(OC(C(F)(F)F)C(F)(F)F)nc(N2CCOCC2)n1. The summed E-state index contributed by atoms with van der Waals surface area (Å²) < 4.78 is 97.7. The van der Waals surface area contributed by atoms with E-state index in [0.717, 1.165) is 19.2 Å². The van der Waals surface area contributed by atoms with Crippen LogP contribution in [0.1, 0.15) is 0 Å². The first-order chi connectivity index (χ1) is 16.8. The number of halogens is 6. The van der Waals surface area contributed by atoms with Crippen molar-refractivity contribution in [3.05, 3.63) is 22.2 Å². The van der Waals surface area contributed by atoms with Gasteiger partial charge in [0.2, 0.25) is 11.9 Å². The number of benzene rings is 1. The lowest BCUT2D eigenvalue weighted by Gasteiger charge is -2.28. The number of hydrogen-bond donors (Lipinski definition) is 1. The van der Waals surface area contributed by atoms with Crippen LogP contribution in [0.15, 0.2) is 12.1 Å². The highest BCUT2D eigenvalue weighted by Crippen LogP contribution is 2.39. The predicted octanol–water partition coefficient (Wildman–Crippen LogP) is 3.25. The van der Waals surface area contributed by atoms with Gasteiger partial charge in [0.05, 0.1) is 44.1 Å². The van der Waals surface area contributed by atoms with Gasteiger partial charge in [0.1, 0.15) is 5.75 Å². The molecular formula is C18H18F6N6O6. The fourth-order valence-electron chi connectivity index (χ4n) is 3.03. The average molecular weight is 528 g/mol. The molecule has 0 aliphatic carbocycles. The molecular weight excluding hydrogens is 510 g/mol. The van der Waals surface area contributed by atoms with Crippen molar-refractivity contribution in [3.63, 3.8) is 0 Å². The predicted molar refractivity (Wildman–Crippen MR) is 109 cm³/mol. The lowest BCUT2D eigenvalue weighted by atomic mass is 10.2. The van der Waals surface area contributed by atoms with E-state index in [0.29, 0.717) is 0 Å². The number of nitrogens with zero attached hydrogens (tertiary/aromatic N) is 5. The number of methoxy groups -OCH3 is 2. The minimum Gasteiger partial charge on any atom is -0.494 e. The molecule has 18 heteroatoms. The third kappa shape index (κ3) is 6.23. The maximum Gasteiger partial charge on any atom is 0.434 e. The number of morpholine rings is 1. The molecule has 0 spiro atoms. The number of rotatable bonds is 8. The molecule has 0 bridgehead atoms. The first-order valence-electron chi connectivity index (χ1n) is 9.89. The van der Waals surface area contributed by atoms with Gasteiger partial charge >= 0.3 is 24.1 Å². The molecule has 1 N–H and O–H groups in total. The van der Waals surface area contributed by atoms with Crippen LogP contribution in [0.5, 0.6) is 17.5 Å². The van der Waals surface area contributed by atoms with Crippen molar-refractivity contribution in [2.24, 2.45) is 0 Å². The molecule has 0 radical (unpaired) electrons. The molecule has 1 aliphatic rings. The van der Waals surface area contributed by atoms with Gasteiger partial charge in [-0.3, -0.25) is 10.1 Å². The van der Waals surface area contributed by atoms with E-state index in [1.807, 2.05) is 0 Å². The Kier molecular flexibility index (Phi) is 7.75. The molecule has 2 heterocycles. The summed E-state index contributed by atoms with van der Waals surface area (Å²) in [6.07, 6.45) is -15.8. The molecule has 0 unspecified atom stereocenters. The molecule has 1 fully saturated rings. The van der Waals surface area contributed by atoms with Gasteiger partial charge in [-0.15, -0.1) is 0 Å². The van der Waals surface area contributed by atoms with Crippen LogP contribution in [0.4, 0.5) is 49.6 Å². The molecule has 0 saturated carbocycles. The second-order valence-electron chi connectivity index (χ2n) is 7.03.